The van der Waals surface area contributed by atoms with E-state index >= 15 is 0 Å². The zero-order valence-corrected chi connectivity index (χ0v) is 21.7. The van der Waals surface area contributed by atoms with Crippen LogP contribution in [0.1, 0.15) is 38.5 Å². The Morgan fingerprint density at radius 3 is 2.76 bits per heavy atom. The van der Waals surface area contributed by atoms with E-state index in [1.807, 2.05) is 11.9 Å². The van der Waals surface area contributed by atoms with Gasteiger partial charge in [-0.2, -0.15) is 0 Å². The zero-order valence-electron chi connectivity index (χ0n) is 21.0. The second-order valence-electron chi connectivity index (χ2n) is 9.74. The van der Waals surface area contributed by atoms with E-state index in [-0.39, 0.29) is 34.8 Å². The molecular weight excluding hydrogens is 497 g/mol. The van der Waals surface area contributed by atoms with Crippen molar-refractivity contribution in [1.82, 2.24) is 20.2 Å². The summed E-state index contributed by atoms with van der Waals surface area (Å²) in [6.07, 6.45) is 7.45. The summed E-state index contributed by atoms with van der Waals surface area (Å²) >= 11 is 5.94. The minimum atomic E-state index is -0.563. The highest BCUT2D eigenvalue weighted by atomic mass is 35.5. The second-order valence-corrected chi connectivity index (χ2v) is 10.2. The lowest BCUT2D eigenvalue weighted by Crippen LogP contribution is -2.46. The lowest BCUT2D eigenvalue weighted by atomic mass is 9.95. The van der Waals surface area contributed by atoms with Crippen molar-refractivity contribution in [1.29, 1.82) is 0 Å². The number of likely N-dealkylation sites (tertiary alicyclic amines) is 1. The van der Waals surface area contributed by atoms with E-state index in [1.165, 1.54) is 31.7 Å². The van der Waals surface area contributed by atoms with Gasteiger partial charge in [0.1, 0.15) is 18.2 Å². The smallest absolute Gasteiger partial charge is 0.237 e. The molecular formula is C27H31ClFN5O3. The first kappa shape index (κ1) is 25.5. The minimum Gasteiger partial charge on any atom is -0.493 e. The van der Waals surface area contributed by atoms with E-state index in [0.717, 1.165) is 12.8 Å². The first-order chi connectivity index (χ1) is 17.9. The van der Waals surface area contributed by atoms with E-state index in [9.17, 15) is 9.18 Å². The molecule has 0 radical (unpaired) electrons. The highest BCUT2D eigenvalue weighted by Gasteiger charge is 2.37. The van der Waals surface area contributed by atoms with Crippen LogP contribution < -0.4 is 20.1 Å². The van der Waals surface area contributed by atoms with Gasteiger partial charge < -0.3 is 20.1 Å². The van der Waals surface area contributed by atoms with Crippen LogP contribution in [0.5, 0.6) is 11.5 Å². The number of carbonyl (C=O) groups excluding carboxylic acids is 1. The Labute approximate surface area is 220 Å². The van der Waals surface area contributed by atoms with Crippen LogP contribution in [0, 0.1) is 5.82 Å². The van der Waals surface area contributed by atoms with Crippen LogP contribution in [-0.4, -0.2) is 59.7 Å². The summed E-state index contributed by atoms with van der Waals surface area (Å²) in [4.78, 5) is 23.7. The number of rotatable bonds is 7. The van der Waals surface area contributed by atoms with Crippen LogP contribution >= 0.6 is 11.6 Å². The molecule has 8 nitrogen and oxygen atoms in total. The van der Waals surface area contributed by atoms with Gasteiger partial charge in [0.05, 0.1) is 29.4 Å². The molecule has 5 rings (SSSR count). The van der Waals surface area contributed by atoms with Crippen molar-refractivity contribution in [2.45, 2.75) is 56.7 Å². The molecule has 0 spiro atoms. The number of carbonyl (C=O) groups is 1. The van der Waals surface area contributed by atoms with Crippen molar-refractivity contribution in [2.75, 3.05) is 26.0 Å². The molecule has 2 atom stereocenters. The number of amides is 1. The molecule has 10 heteroatoms. The van der Waals surface area contributed by atoms with Crippen molar-refractivity contribution < 1.29 is 18.7 Å². The molecule has 0 unspecified atom stereocenters. The molecule has 2 heterocycles. The van der Waals surface area contributed by atoms with Crippen molar-refractivity contribution in [3.8, 4) is 11.5 Å². The number of benzene rings is 2. The van der Waals surface area contributed by atoms with Crippen molar-refractivity contribution in [3.63, 3.8) is 0 Å². The number of halogens is 2. The van der Waals surface area contributed by atoms with Crippen LogP contribution in [0.2, 0.25) is 5.02 Å². The maximum absolute atomic E-state index is 14.5. The molecule has 196 valence electrons. The number of nitrogens with one attached hydrogen (secondary N) is 2. The van der Waals surface area contributed by atoms with Gasteiger partial charge in [0.2, 0.25) is 5.91 Å². The van der Waals surface area contributed by atoms with Crippen molar-refractivity contribution in [3.05, 3.63) is 47.5 Å². The van der Waals surface area contributed by atoms with Gasteiger partial charge in [0.15, 0.2) is 17.3 Å². The first-order valence-electron chi connectivity index (χ1n) is 12.6. The van der Waals surface area contributed by atoms with Gasteiger partial charge in [0.25, 0.3) is 0 Å². The van der Waals surface area contributed by atoms with E-state index in [2.05, 4.69) is 20.6 Å². The Morgan fingerprint density at radius 2 is 1.97 bits per heavy atom. The van der Waals surface area contributed by atoms with Crippen LogP contribution in [0.4, 0.5) is 15.9 Å². The number of fused-ring (bicyclic) bond motifs is 1. The molecule has 1 aromatic heterocycles. The molecule has 1 aliphatic carbocycles. The maximum Gasteiger partial charge on any atom is 0.237 e. The van der Waals surface area contributed by atoms with Gasteiger partial charge in [-0.15, -0.1) is 0 Å². The predicted octanol–water partition coefficient (Wildman–Crippen LogP) is 5.07. The van der Waals surface area contributed by atoms with E-state index in [0.29, 0.717) is 41.2 Å². The zero-order chi connectivity index (χ0) is 25.9. The fourth-order valence-corrected chi connectivity index (χ4v) is 5.39. The van der Waals surface area contributed by atoms with Gasteiger partial charge in [-0.1, -0.05) is 36.9 Å². The number of nitrogens with zero attached hydrogens (tertiary/aromatic N) is 3. The molecule has 2 N–H and O–H groups in total. The number of anilines is 2. The van der Waals surface area contributed by atoms with Gasteiger partial charge in [-0.25, -0.2) is 14.4 Å². The minimum absolute atomic E-state index is 0.0153. The predicted molar refractivity (Wildman–Crippen MR) is 141 cm³/mol. The lowest BCUT2D eigenvalue weighted by molar-refractivity contribution is -0.126. The Bertz CT molecular complexity index is 1290. The summed E-state index contributed by atoms with van der Waals surface area (Å²) in [5.74, 6) is 0.934. The third-order valence-electron chi connectivity index (χ3n) is 7.18. The number of methoxy groups -OCH3 is 1. The number of ether oxygens (including phenoxy) is 2. The fourth-order valence-electron chi connectivity index (χ4n) is 5.21. The molecule has 3 aromatic rings. The van der Waals surface area contributed by atoms with Crippen LogP contribution in [0.25, 0.3) is 10.9 Å². The van der Waals surface area contributed by atoms with Crippen molar-refractivity contribution in [2.24, 2.45) is 0 Å². The van der Waals surface area contributed by atoms with E-state index in [1.54, 1.807) is 31.4 Å². The SMILES string of the molecule is COc1cc2ncnc(Nc3cccc(Cl)c3F)c2cc1O[C@H]1C[C@@H](C(=O)NC2CCCCC2)N(C)C1. The summed E-state index contributed by atoms with van der Waals surface area (Å²) in [6.45, 7) is 0.605. The maximum atomic E-state index is 14.5. The Balaban J connectivity index is 1.35. The summed E-state index contributed by atoms with van der Waals surface area (Å²) < 4.78 is 26.5. The second kappa shape index (κ2) is 11.1. The van der Waals surface area contributed by atoms with Crippen LogP contribution in [0.3, 0.4) is 0 Å². The molecule has 2 aliphatic rings. The molecule has 1 saturated carbocycles. The summed E-state index contributed by atoms with van der Waals surface area (Å²) in [5, 5.41) is 6.90. The number of likely N-dealkylation sites (N-methyl/N-ethyl adjacent to an activating group) is 1. The topological polar surface area (TPSA) is 88.6 Å². The van der Waals surface area contributed by atoms with Crippen LogP contribution in [0.15, 0.2) is 36.7 Å². The fraction of sp³-hybridized carbons (Fsp3) is 0.444. The van der Waals surface area contributed by atoms with Crippen molar-refractivity contribution >= 4 is 39.9 Å². The quantitative estimate of drug-likeness (QED) is 0.443. The monoisotopic (exact) mass is 527 g/mol. The summed E-state index contributed by atoms with van der Waals surface area (Å²) in [7, 11) is 3.51. The number of aromatic nitrogens is 2. The van der Waals surface area contributed by atoms with Gasteiger partial charge >= 0.3 is 0 Å². The van der Waals surface area contributed by atoms with E-state index < -0.39 is 5.82 Å². The first-order valence-corrected chi connectivity index (χ1v) is 13.0. The van der Waals surface area contributed by atoms with Crippen LogP contribution in [-0.2, 0) is 4.79 Å². The average molecular weight is 528 g/mol. The average Bonchev–Trinajstić information content (AvgIpc) is 3.27. The van der Waals surface area contributed by atoms with Gasteiger partial charge in [-0.3, -0.25) is 9.69 Å². The molecule has 2 fully saturated rings. The highest BCUT2D eigenvalue weighted by molar-refractivity contribution is 6.31. The molecule has 1 saturated heterocycles. The normalized spacial score (nSPS) is 20.6. The highest BCUT2D eigenvalue weighted by Crippen LogP contribution is 2.37. The number of hydrogen-bond donors (Lipinski definition) is 2. The molecule has 37 heavy (non-hydrogen) atoms. The molecule has 0 bridgehead atoms. The third kappa shape index (κ3) is 5.57. The Hall–Kier alpha value is -3.17. The largest absolute Gasteiger partial charge is 0.493 e. The molecule has 2 aromatic carbocycles. The van der Waals surface area contributed by atoms with Gasteiger partial charge in [0, 0.05) is 30.5 Å². The molecule has 1 aliphatic heterocycles. The van der Waals surface area contributed by atoms with E-state index in [4.69, 9.17) is 21.1 Å². The van der Waals surface area contributed by atoms with Gasteiger partial charge in [-0.05, 0) is 38.1 Å². The number of hydrogen-bond acceptors (Lipinski definition) is 7. The lowest BCUT2D eigenvalue weighted by Gasteiger charge is -2.26. The Morgan fingerprint density at radius 1 is 1.16 bits per heavy atom. The third-order valence-corrected chi connectivity index (χ3v) is 7.47. The standard InChI is InChI=1S/C27H31ClFN5O3/c1-34-14-17(11-22(34)27(35)32-16-7-4-3-5-8-16)37-24-12-18-21(13-23(24)36-2)30-15-31-26(18)33-20-10-6-9-19(28)25(20)29/h6,9-10,12-13,15-17,22H,3-5,7-8,11,14H2,1-2H3,(H,32,35)(H,30,31,33)/t17-,22-/m0/s1. The molecule has 1 amide bonds. The Kier molecular flexibility index (Phi) is 7.62. The summed E-state index contributed by atoms with van der Waals surface area (Å²) in [5.41, 5.74) is 0.812. The summed E-state index contributed by atoms with van der Waals surface area (Å²) in [6, 6.07) is 8.30.